The van der Waals surface area contributed by atoms with Crippen molar-refractivity contribution in [1.29, 1.82) is 0 Å². The van der Waals surface area contributed by atoms with Crippen LogP contribution in [0.25, 0.3) is 11.5 Å². The molecule has 0 saturated carbocycles. The van der Waals surface area contributed by atoms with Crippen molar-refractivity contribution >= 4 is 11.9 Å². The highest BCUT2D eigenvalue weighted by atomic mass is 16.5. The number of aromatic nitrogens is 4. The van der Waals surface area contributed by atoms with Gasteiger partial charge in [-0.3, -0.25) is 19.0 Å². The van der Waals surface area contributed by atoms with E-state index in [1.807, 2.05) is 0 Å². The van der Waals surface area contributed by atoms with Crippen molar-refractivity contribution in [2.45, 2.75) is 39.7 Å². The topological polar surface area (TPSA) is 120 Å². The number of piperidine rings is 1. The molecule has 10 heteroatoms. The minimum atomic E-state index is -0.340. The van der Waals surface area contributed by atoms with Crippen LogP contribution in [0.5, 0.6) is 0 Å². The molecule has 2 aromatic heterocycles. The van der Waals surface area contributed by atoms with Gasteiger partial charge in [-0.05, 0) is 26.7 Å². The molecular weight excluding hydrogens is 366 g/mol. The van der Waals surface area contributed by atoms with Crippen molar-refractivity contribution in [2.75, 3.05) is 19.7 Å². The molecule has 1 saturated heterocycles. The molecule has 0 spiro atoms. The number of likely N-dealkylation sites (tertiary alicyclic amines) is 1. The molecule has 28 heavy (non-hydrogen) atoms. The summed E-state index contributed by atoms with van der Waals surface area (Å²) < 4.78 is 11.4. The van der Waals surface area contributed by atoms with Crippen molar-refractivity contribution in [2.24, 2.45) is 5.92 Å². The van der Waals surface area contributed by atoms with Crippen LogP contribution in [-0.2, 0) is 20.9 Å². The lowest BCUT2D eigenvalue weighted by atomic mass is 9.97. The van der Waals surface area contributed by atoms with Gasteiger partial charge >= 0.3 is 5.97 Å². The molecule has 0 bridgehead atoms. The Morgan fingerprint density at radius 2 is 2.07 bits per heavy atom. The normalized spacial score (nSPS) is 14.9. The highest BCUT2D eigenvalue weighted by Crippen LogP contribution is 2.19. The van der Waals surface area contributed by atoms with E-state index in [2.05, 4.69) is 15.1 Å². The second kappa shape index (κ2) is 8.77. The third-order valence-electron chi connectivity index (χ3n) is 4.69. The van der Waals surface area contributed by atoms with E-state index in [1.165, 1.54) is 17.1 Å². The molecule has 2 aromatic rings. The summed E-state index contributed by atoms with van der Waals surface area (Å²) in [7, 11) is 0. The van der Waals surface area contributed by atoms with Crippen LogP contribution in [0.15, 0.2) is 21.8 Å². The van der Waals surface area contributed by atoms with Crippen LogP contribution in [0.4, 0.5) is 0 Å². The predicted molar refractivity (Wildman–Crippen MR) is 97.1 cm³/mol. The van der Waals surface area contributed by atoms with E-state index < -0.39 is 0 Å². The number of carbonyl (C=O) groups is 2. The highest BCUT2D eigenvalue weighted by molar-refractivity contribution is 5.77. The van der Waals surface area contributed by atoms with E-state index in [0.29, 0.717) is 38.4 Å². The molecular formula is C18H23N5O5. The Kier molecular flexibility index (Phi) is 6.17. The summed E-state index contributed by atoms with van der Waals surface area (Å²) in [5.74, 6) is 0.127. The van der Waals surface area contributed by atoms with Crippen LogP contribution in [0.1, 0.15) is 32.0 Å². The van der Waals surface area contributed by atoms with Gasteiger partial charge in [-0.2, -0.15) is 4.98 Å². The average molecular weight is 389 g/mol. The first kappa shape index (κ1) is 19.7. The molecule has 1 aliphatic rings. The zero-order chi connectivity index (χ0) is 20.1. The first-order valence-corrected chi connectivity index (χ1v) is 9.29. The fourth-order valence-corrected chi connectivity index (χ4v) is 3.16. The molecule has 0 N–H and O–H groups in total. The smallest absolute Gasteiger partial charge is 0.309 e. The molecule has 1 amide bonds. The minimum absolute atomic E-state index is 0.0618. The maximum atomic E-state index is 12.6. The van der Waals surface area contributed by atoms with Crippen LogP contribution in [0.2, 0.25) is 0 Å². The Morgan fingerprint density at radius 1 is 1.32 bits per heavy atom. The molecule has 10 nitrogen and oxygen atoms in total. The summed E-state index contributed by atoms with van der Waals surface area (Å²) in [5.41, 5.74) is -0.140. The standard InChI is InChI=1S/C18H23N5O5/c1-3-27-18(26)13-4-7-22(8-5-13)15(24)6-9-23-11-19-10-14(17(23)25)16-20-12(2)21-28-16/h10-11,13H,3-9H2,1-2H3. The van der Waals surface area contributed by atoms with Gasteiger partial charge in [-0.25, -0.2) is 4.98 Å². The number of ether oxygens (including phenoxy) is 1. The fourth-order valence-electron chi connectivity index (χ4n) is 3.16. The number of carbonyl (C=O) groups excluding carboxylic acids is 2. The monoisotopic (exact) mass is 389 g/mol. The van der Waals surface area contributed by atoms with Gasteiger partial charge in [-0.15, -0.1) is 0 Å². The van der Waals surface area contributed by atoms with Crippen molar-refractivity contribution < 1.29 is 18.8 Å². The molecule has 0 aromatic carbocycles. The Morgan fingerprint density at radius 3 is 2.71 bits per heavy atom. The van der Waals surface area contributed by atoms with Gasteiger partial charge in [-0.1, -0.05) is 5.16 Å². The summed E-state index contributed by atoms with van der Waals surface area (Å²) in [5, 5.41) is 3.67. The fraction of sp³-hybridized carbons (Fsp3) is 0.556. The van der Waals surface area contributed by atoms with Gasteiger partial charge in [0.1, 0.15) is 5.56 Å². The van der Waals surface area contributed by atoms with Crippen LogP contribution < -0.4 is 5.56 Å². The molecule has 0 unspecified atom stereocenters. The number of esters is 1. The maximum Gasteiger partial charge on any atom is 0.309 e. The summed E-state index contributed by atoms with van der Waals surface area (Å²) >= 11 is 0. The highest BCUT2D eigenvalue weighted by Gasteiger charge is 2.28. The van der Waals surface area contributed by atoms with Crippen molar-refractivity contribution in [1.82, 2.24) is 24.6 Å². The van der Waals surface area contributed by atoms with Crippen LogP contribution in [-0.4, -0.2) is 56.2 Å². The van der Waals surface area contributed by atoms with Crippen LogP contribution >= 0.6 is 0 Å². The van der Waals surface area contributed by atoms with Crippen LogP contribution in [0, 0.1) is 12.8 Å². The Labute approximate surface area is 161 Å². The Bertz CT molecular complexity index is 898. The quantitative estimate of drug-likeness (QED) is 0.665. The third kappa shape index (κ3) is 4.44. The molecule has 0 atom stereocenters. The summed E-state index contributed by atoms with van der Waals surface area (Å²) in [6.07, 6.45) is 4.11. The number of aryl methyl sites for hydroxylation is 2. The summed E-state index contributed by atoms with van der Waals surface area (Å²) in [6, 6.07) is 0. The van der Waals surface area contributed by atoms with E-state index in [-0.39, 0.29) is 47.8 Å². The second-order valence-electron chi connectivity index (χ2n) is 6.61. The summed E-state index contributed by atoms with van der Waals surface area (Å²) in [4.78, 5) is 46.6. The average Bonchev–Trinajstić information content (AvgIpc) is 3.13. The van der Waals surface area contributed by atoms with E-state index in [0.717, 1.165) is 0 Å². The first-order valence-electron chi connectivity index (χ1n) is 9.29. The lowest BCUT2D eigenvalue weighted by Gasteiger charge is -2.31. The second-order valence-corrected chi connectivity index (χ2v) is 6.61. The lowest BCUT2D eigenvalue weighted by Crippen LogP contribution is -2.41. The number of hydrogen-bond acceptors (Lipinski definition) is 8. The summed E-state index contributed by atoms with van der Waals surface area (Å²) in [6.45, 7) is 5.02. The molecule has 1 fully saturated rings. The number of hydrogen-bond donors (Lipinski definition) is 0. The molecule has 3 heterocycles. The van der Waals surface area contributed by atoms with E-state index in [4.69, 9.17) is 9.26 Å². The van der Waals surface area contributed by atoms with Gasteiger partial charge in [0.05, 0.1) is 18.9 Å². The number of amides is 1. The molecule has 3 rings (SSSR count). The molecule has 1 aliphatic heterocycles. The number of rotatable bonds is 6. The zero-order valence-corrected chi connectivity index (χ0v) is 16.0. The van der Waals surface area contributed by atoms with Crippen molar-refractivity contribution in [3.05, 3.63) is 28.7 Å². The maximum absolute atomic E-state index is 12.6. The Balaban J connectivity index is 1.57. The van der Waals surface area contributed by atoms with Crippen molar-refractivity contribution in [3.63, 3.8) is 0 Å². The third-order valence-corrected chi connectivity index (χ3v) is 4.69. The van der Waals surface area contributed by atoms with E-state index in [9.17, 15) is 14.4 Å². The molecule has 0 aliphatic carbocycles. The van der Waals surface area contributed by atoms with Crippen molar-refractivity contribution in [3.8, 4) is 11.5 Å². The minimum Gasteiger partial charge on any atom is -0.466 e. The Hall–Kier alpha value is -3.04. The van der Waals surface area contributed by atoms with Gasteiger partial charge in [0.25, 0.3) is 11.4 Å². The van der Waals surface area contributed by atoms with Gasteiger partial charge in [0.15, 0.2) is 5.82 Å². The van der Waals surface area contributed by atoms with Gasteiger partial charge in [0, 0.05) is 32.3 Å². The van der Waals surface area contributed by atoms with E-state index in [1.54, 1.807) is 18.7 Å². The van der Waals surface area contributed by atoms with Gasteiger partial charge < -0.3 is 14.2 Å². The van der Waals surface area contributed by atoms with Gasteiger partial charge in [0.2, 0.25) is 5.91 Å². The molecule has 150 valence electrons. The first-order chi connectivity index (χ1) is 13.5. The molecule has 0 radical (unpaired) electrons. The largest absolute Gasteiger partial charge is 0.466 e. The lowest BCUT2D eigenvalue weighted by molar-refractivity contribution is -0.151. The van der Waals surface area contributed by atoms with Crippen LogP contribution in [0.3, 0.4) is 0 Å². The zero-order valence-electron chi connectivity index (χ0n) is 16.0. The SMILES string of the molecule is CCOC(=O)C1CCN(C(=O)CCn2cncc(-c3nc(C)no3)c2=O)CC1. The predicted octanol–water partition coefficient (Wildman–Crippen LogP) is 0.794. The van der Waals surface area contributed by atoms with E-state index >= 15 is 0 Å². The number of nitrogens with zero attached hydrogens (tertiary/aromatic N) is 5.